The van der Waals surface area contributed by atoms with E-state index in [0.29, 0.717) is 22.6 Å². The summed E-state index contributed by atoms with van der Waals surface area (Å²) in [5.74, 6) is -0.385. The largest absolute Gasteiger partial charge is 0.397 e. The average molecular weight is 374 g/mol. The van der Waals surface area contributed by atoms with Crippen molar-refractivity contribution < 1.29 is 12.8 Å². The zero-order chi connectivity index (χ0) is 15.8. The average Bonchev–Trinajstić information content (AvgIpc) is 2.37. The molecule has 2 rings (SSSR count). The number of rotatable bonds is 3. The van der Waals surface area contributed by atoms with Crippen LogP contribution in [0.2, 0.25) is 0 Å². The van der Waals surface area contributed by atoms with Gasteiger partial charge in [0.1, 0.15) is 5.82 Å². The first kappa shape index (κ1) is 15.7. The fourth-order valence-corrected chi connectivity index (χ4v) is 2.63. The number of sulfonamides is 1. The standard InChI is InChI=1S/C13H13BrFN3O2S/c1-7-4-10(15)9(14)6-12(7)18-13-5-8(21(17,19)20)2-3-11(13)16/h2-6,18H,16H2,1H3,(H2,17,19,20). The van der Waals surface area contributed by atoms with Crippen molar-refractivity contribution in [1.82, 2.24) is 0 Å². The van der Waals surface area contributed by atoms with Crippen LogP contribution in [0.5, 0.6) is 0 Å². The number of nitrogens with one attached hydrogen (secondary N) is 1. The Bertz CT molecular complexity index is 809. The molecule has 2 aromatic carbocycles. The lowest BCUT2D eigenvalue weighted by atomic mass is 10.2. The van der Waals surface area contributed by atoms with Crippen LogP contribution in [0.25, 0.3) is 0 Å². The van der Waals surface area contributed by atoms with E-state index in [2.05, 4.69) is 21.2 Å². The molecule has 2 aromatic rings. The molecular weight excluding hydrogens is 361 g/mol. The molecule has 0 spiro atoms. The van der Waals surface area contributed by atoms with E-state index in [4.69, 9.17) is 10.9 Å². The second-order valence-corrected chi connectivity index (χ2v) is 6.92. The van der Waals surface area contributed by atoms with Crippen LogP contribution in [0.1, 0.15) is 5.56 Å². The van der Waals surface area contributed by atoms with Gasteiger partial charge in [-0.2, -0.15) is 0 Å². The normalized spacial score (nSPS) is 11.4. The molecule has 0 amide bonds. The number of aryl methyl sites for hydroxylation is 1. The highest BCUT2D eigenvalue weighted by Gasteiger charge is 2.12. The van der Waals surface area contributed by atoms with Crippen molar-refractivity contribution in [1.29, 1.82) is 0 Å². The fraction of sp³-hybridized carbons (Fsp3) is 0.0769. The number of nitrogens with two attached hydrogens (primary N) is 2. The Balaban J connectivity index is 2.47. The zero-order valence-electron chi connectivity index (χ0n) is 11.0. The summed E-state index contributed by atoms with van der Waals surface area (Å²) >= 11 is 3.10. The summed E-state index contributed by atoms with van der Waals surface area (Å²) in [6, 6.07) is 7.00. The first-order valence-corrected chi connectivity index (χ1v) is 8.17. The number of nitrogen functional groups attached to an aromatic ring is 1. The van der Waals surface area contributed by atoms with E-state index in [1.807, 2.05) is 0 Å². The molecule has 0 radical (unpaired) electrons. The van der Waals surface area contributed by atoms with Gasteiger partial charge in [-0.3, -0.25) is 0 Å². The molecular formula is C13H13BrFN3O2S. The Labute approximate surface area is 130 Å². The van der Waals surface area contributed by atoms with Gasteiger partial charge in [-0.15, -0.1) is 0 Å². The molecule has 5 N–H and O–H groups in total. The molecule has 0 heterocycles. The predicted octanol–water partition coefficient (Wildman–Crippen LogP) is 2.87. The molecule has 5 nitrogen and oxygen atoms in total. The first-order valence-electron chi connectivity index (χ1n) is 5.83. The third-order valence-electron chi connectivity index (χ3n) is 2.89. The Kier molecular flexibility index (Phi) is 4.22. The van der Waals surface area contributed by atoms with Crippen molar-refractivity contribution in [3.63, 3.8) is 0 Å². The van der Waals surface area contributed by atoms with Gasteiger partial charge < -0.3 is 11.1 Å². The molecule has 0 saturated heterocycles. The molecule has 112 valence electrons. The third kappa shape index (κ3) is 3.52. The Hall–Kier alpha value is -1.64. The van der Waals surface area contributed by atoms with Crippen LogP contribution in [-0.4, -0.2) is 8.42 Å². The van der Waals surface area contributed by atoms with Gasteiger partial charge >= 0.3 is 0 Å². The summed E-state index contributed by atoms with van der Waals surface area (Å²) in [5.41, 5.74) is 7.79. The molecule has 0 aliphatic heterocycles. The fourth-order valence-electron chi connectivity index (χ4n) is 1.75. The molecule has 0 aliphatic rings. The minimum atomic E-state index is -3.82. The third-order valence-corrected chi connectivity index (χ3v) is 4.41. The van der Waals surface area contributed by atoms with Gasteiger partial charge in [0.05, 0.1) is 20.7 Å². The lowest BCUT2D eigenvalue weighted by Gasteiger charge is -2.13. The highest BCUT2D eigenvalue weighted by molar-refractivity contribution is 9.10. The maximum atomic E-state index is 13.4. The van der Waals surface area contributed by atoms with E-state index >= 15 is 0 Å². The van der Waals surface area contributed by atoms with Crippen molar-refractivity contribution in [3.8, 4) is 0 Å². The van der Waals surface area contributed by atoms with E-state index in [-0.39, 0.29) is 15.2 Å². The van der Waals surface area contributed by atoms with Crippen LogP contribution in [-0.2, 0) is 10.0 Å². The van der Waals surface area contributed by atoms with Crippen LogP contribution in [0, 0.1) is 12.7 Å². The Morgan fingerprint density at radius 3 is 2.48 bits per heavy atom. The lowest BCUT2D eigenvalue weighted by molar-refractivity contribution is 0.598. The number of primary sulfonamides is 1. The maximum Gasteiger partial charge on any atom is 0.238 e. The summed E-state index contributed by atoms with van der Waals surface area (Å²) in [6.45, 7) is 1.72. The van der Waals surface area contributed by atoms with Crippen molar-refractivity contribution in [2.75, 3.05) is 11.1 Å². The smallest absolute Gasteiger partial charge is 0.238 e. The highest BCUT2D eigenvalue weighted by atomic mass is 79.9. The number of halogens is 2. The molecule has 0 bridgehead atoms. The van der Waals surface area contributed by atoms with Gasteiger partial charge in [0, 0.05) is 5.69 Å². The number of benzene rings is 2. The van der Waals surface area contributed by atoms with Crippen LogP contribution in [0.15, 0.2) is 39.7 Å². The summed E-state index contributed by atoms with van der Waals surface area (Å²) in [5, 5.41) is 8.07. The Morgan fingerprint density at radius 1 is 1.19 bits per heavy atom. The minimum absolute atomic E-state index is 0.0574. The van der Waals surface area contributed by atoms with Crippen LogP contribution < -0.4 is 16.2 Å². The molecule has 0 atom stereocenters. The zero-order valence-corrected chi connectivity index (χ0v) is 13.4. The van der Waals surface area contributed by atoms with E-state index in [1.54, 1.807) is 13.0 Å². The van der Waals surface area contributed by atoms with Crippen molar-refractivity contribution in [3.05, 3.63) is 46.2 Å². The second-order valence-electron chi connectivity index (χ2n) is 4.50. The molecule has 0 fully saturated rings. The van der Waals surface area contributed by atoms with Gasteiger partial charge in [-0.05, 0) is 58.7 Å². The Morgan fingerprint density at radius 2 is 1.86 bits per heavy atom. The molecule has 0 saturated carbocycles. The minimum Gasteiger partial charge on any atom is -0.397 e. The lowest BCUT2D eigenvalue weighted by Crippen LogP contribution is -2.12. The van der Waals surface area contributed by atoms with E-state index < -0.39 is 10.0 Å². The molecule has 0 aromatic heterocycles. The summed E-state index contributed by atoms with van der Waals surface area (Å²) in [6.07, 6.45) is 0. The predicted molar refractivity (Wildman–Crippen MR) is 84.3 cm³/mol. The molecule has 0 aliphatic carbocycles. The van der Waals surface area contributed by atoms with Crippen molar-refractivity contribution in [2.24, 2.45) is 5.14 Å². The molecule has 0 unspecified atom stereocenters. The van der Waals surface area contributed by atoms with Gasteiger partial charge in [-0.1, -0.05) is 0 Å². The van der Waals surface area contributed by atoms with Crippen LogP contribution in [0.4, 0.5) is 21.5 Å². The molecule has 8 heteroatoms. The maximum absolute atomic E-state index is 13.4. The van der Waals surface area contributed by atoms with Crippen LogP contribution >= 0.6 is 15.9 Å². The first-order chi connectivity index (χ1) is 9.68. The SMILES string of the molecule is Cc1cc(F)c(Br)cc1Nc1cc(S(N)(=O)=O)ccc1N. The van der Waals surface area contributed by atoms with E-state index in [1.165, 1.54) is 24.3 Å². The van der Waals surface area contributed by atoms with Crippen LogP contribution in [0.3, 0.4) is 0 Å². The van der Waals surface area contributed by atoms with E-state index in [9.17, 15) is 12.8 Å². The quantitative estimate of drug-likeness (QED) is 0.720. The van der Waals surface area contributed by atoms with Crippen molar-refractivity contribution in [2.45, 2.75) is 11.8 Å². The summed E-state index contributed by atoms with van der Waals surface area (Å²) < 4.78 is 36.4. The number of hydrogen-bond acceptors (Lipinski definition) is 4. The van der Waals surface area contributed by atoms with E-state index in [0.717, 1.165) is 0 Å². The van der Waals surface area contributed by atoms with Gasteiger partial charge in [-0.25, -0.2) is 17.9 Å². The topological polar surface area (TPSA) is 98.2 Å². The second kappa shape index (κ2) is 5.63. The number of anilines is 3. The summed E-state index contributed by atoms with van der Waals surface area (Å²) in [7, 11) is -3.82. The number of hydrogen-bond donors (Lipinski definition) is 3. The van der Waals surface area contributed by atoms with Gasteiger partial charge in [0.15, 0.2) is 0 Å². The highest BCUT2D eigenvalue weighted by Crippen LogP contribution is 2.30. The van der Waals surface area contributed by atoms with Gasteiger partial charge in [0.2, 0.25) is 10.0 Å². The summed E-state index contributed by atoms with van der Waals surface area (Å²) in [4.78, 5) is -0.0574. The molecule has 21 heavy (non-hydrogen) atoms. The van der Waals surface area contributed by atoms with Gasteiger partial charge in [0.25, 0.3) is 0 Å². The monoisotopic (exact) mass is 373 g/mol. The van der Waals surface area contributed by atoms with Crippen molar-refractivity contribution >= 4 is 43.0 Å².